The zero-order valence-corrected chi connectivity index (χ0v) is 8.89. The van der Waals surface area contributed by atoms with Crippen molar-refractivity contribution in [3.8, 4) is 0 Å². The summed E-state index contributed by atoms with van der Waals surface area (Å²) in [6.07, 6.45) is 2.14. The first-order valence-corrected chi connectivity index (χ1v) is 5.10. The standard InChI is InChI=1S/C8H5BBr2/c10-7-2-1-6-3-4-9(11)8(6)5-7/h1-5H. The molecule has 0 saturated carbocycles. The van der Waals surface area contributed by atoms with E-state index in [4.69, 9.17) is 0 Å². The van der Waals surface area contributed by atoms with E-state index in [9.17, 15) is 0 Å². The van der Waals surface area contributed by atoms with Gasteiger partial charge in [0.05, 0.1) is 0 Å². The molecule has 0 atom stereocenters. The predicted molar refractivity (Wildman–Crippen MR) is 57.5 cm³/mol. The van der Waals surface area contributed by atoms with Gasteiger partial charge in [-0.25, -0.2) is 0 Å². The van der Waals surface area contributed by atoms with E-state index in [1.165, 1.54) is 11.0 Å². The first-order chi connectivity index (χ1) is 5.27. The lowest BCUT2D eigenvalue weighted by Crippen LogP contribution is -2.19. The molecule has 54 valence electrons. The predicted octanol–water partition coefficient (Wildman–Crippen LogP) is 2.61. The van der Waals surface area contributed by atoms with Crippen molar-refractivity contribution in [2.75, 3.05) is 0 Å². The number of fused-ring (bicyclic) bond motifs is 1. The normalized spacial score (nSPS) is 13.8. The third-order valence-corrected chi connectivity index (χ3v) is 3.08. The van der Waals surface area contributed by atoms with E-state index < -0.39 is 0 Å². The zero-order chi connectivity index (χ0) is 7.84. The minimum Gasteiger partial charge on any atom is -0.144 e. The van der Waals surface area contributed by atoms with Crippen LogP contribution < -0.4 is 5.46 Å². The fourth-order valence-electron chi connectivity index (χ4n) is 1.23. The van der Waals surface area contributed by atoms with Gasteiger partial charge >= 0.3 is 0 Å². The molecule has 0 nitrogen and oxygen atoms in total. The Morgan fingerprint density at radius 3 is 2.91 bits per heavy atom. The molecule has 0 saturated heterocycles. The topological polar surface area (TPSA) is 0 Å². The Hall–Kier alpha value is -0.0151. The van der Waals surface area contributed by atoms with Crippen molar-refractivity contribution in [1.29, 1.82) is 0 Å². The highest BCUT2D eigenvalue weighted by molar-refractivity contribution is 9.25. The van der Waals surface area contributed by atoms with Crippen LogP contribution in [0.15, 0.2) is 28.6 Å². The van der Waals surface area contributed by atoms with Crippen LogP contribution in [0, 0.1) is 0 Å². The third-order valence-electron chi connectivity index (χ3n) is 1.79. The average molecular weight is 272 g/mol. The Kier molecular flexibility index (Phi) is 1.94. The highest BCUT2D eigenvalue weighted by Gasteiger charge is 2.17. The summed E-state index contributed by atoms with van der Waals surface area (Å²) < 4.78 is 1.14. The Morgan fingerprint density at radius 2 is 2.09 bits per heavy atom. The zero-order valence-electron chi connectivity index (χ0n) is 5.72. The van der Waals surface area contributed by atoms with E-state index in [1.807, 2.05) is 0 Å². The maximum atomic E-state index is 3.56. The van der Waals surface area contributed by atoms with Gasteiger partial charge in [0, 0.05) is 4.47 Å². The highest BCUT2D eigenvalue weighted by atomic mass is 79.9. The molecular formula is C8H5BBr2. The molecule has 11 heavy (non-hydrogen) atoms. The van der Waals surface area contributed by atoms with Gasteiger partial charge in [-0.3, -0.25) is 0 Å². The van der Waals surface area contributed by atoms with E-state index in [0.29, 0.717) is 5.54 Å². The SMILES string of the molecule is BrB1C=Cc2ccc(Br)cc21. The van der Waals surface area contributed by atoms with Crippen molar-refractivity contribution in [1.82, 2.24) is 0 Å². The average Bonchev–Trinajstić information content (AvgIpc) is 2.33. The fourth-order valence-corrected chi connectivity index (χ4v) is 2.16. The molecule has 1 aliphatic heterocycles. The molecule has 0 amide bonds. The Morgan fingerprint density at radius 1 is 1.27 bits per heavy atom. The van der Waals surface area contributed by atoms with Gasteiger partial charge < -0.3 is 0 Å². The van der Waals surface area contributed by atoms with Crippen molar-refractivity contribution in [2.24, 2.45) is 0 Å². The first kappa shape index (κ1) is 7.62. The summed E-state index contributed by atoms with van der Waals surface area (Å²) >= 11 is 7.01. The van der Waals surface area contributed by atoms with Gasteiger partial charge in [-0.2, -0.15) is 0 Å². The van der Waals surface area contributed by atoms with Gasteiger partial charge in [0.1, 0.15) is 0 Å². The van der Waals surface area contributed by atoms with Gasteiger partial charge in [0.25, 0.3) is 5.54 Å². The Bertz CT molecular complexity index is 320. The molecule has 1 aromatic rings. The van der Waals surface area contributed by atoms with Crippen LogP contribution in [0.3, 0.4) is 0 Å². The van der Waals surface area contributed by atoms with Crippen LogP contribution >= 0.6 is 31.7 Å². The van der Waals surface area contributed by atoms with E-state index in [1.54, 1.807) is 0 Å². The summed E-state index contributed by atoms with van der Waals surface area (Å²) in [6, 6.07) is 6.33. The van der Waals surface area contributed by atoms with E-state index in [2.05, 4.69) is 61.9 Å². The molecule has 0 aromatic heterocycles. The number of rotatable bonds is 0. The molecule has 1 aliphatic rings. The van der Waals surface area contributed by atoms with Crippen LogP contribution in [-0.2, 0) is 0 Å². The summed E-state index contributed by atoms with van der Waals surface area (Å²) in [7, 11) is 0. The molecule has 1 aromatic carbocycles. The van der Waals surface area contributed by atoms with Crippen molar-refractivity contribution in [3.63, 3.8) is 0 Å². The van der Waals surface area contributed by atoms with Crippen LogP contribution in [0.1, 0.15) is 5.56 Å². The lowest BCUT2D eigenvalue weighted by molar-refractivity contribution is 1.67. The van der Waals surface area contributed by atoms with Gasteiger partial charge in [-0.15, -0.1) is 15.8 Å². The van der Waals surface area contributed by atoms with Gasteiger partial charge in [-0.1, -0.05) is 45.6 Å². The van der Waals surface area contributed by atoms with Crippen LogP contribution in [0.2, 0.25) is 0 Å². The molecule has 0 fully saturated rings. The molecule has 0 radical (unpaired) electrons. The lowest BCUT2D eigenvalue weighted by atomic mass is 9.73. The second-order valence-electron chi connectivity index (χ2n) is 2.53. The smallest absolute Gasteiger partial charge is 0.144 e. The maximum Gasteiger partial charge on any atom is 0.280 e. The number of halogens is 2. The molecule has 0 N–H and O–H groups in total. The molecule has 1 heterocycles. The first-order valence-electron chi connectivity index (χ1n) is 3.39. The summed E-state index contributed by atoms with van der Waals surface area (Å²) in [6.45, 7) is 0. The monoisotopic (exact) mass is 270 g/mol. The summed E-state index contributed by atoms with van der Waals surface area (Å²) in [4.78, 5) is 0. The molecular weight excluding hydrogens is 267 g/mol. The largest absolute Gasteiger partial charge is 0.280 e. The van der Waals surface area contributed by atoms with E-state index in [-0.39, 0.29) is 0 Å². The van der Waals surface area contributed by atoms with Crippen molar-refractivity contribution >= 4 is 48.8 Å². The third kappa shape index (κ3) is 1.32. The van der Waals surface area contributed by atoms with Crippen LogP contribution in [-0.4, -0.2) is 5.54 Å². The Labute approximate surface area is 82.9 Å². The van der Waals surface area contributed by atoms with Gasteiger partial charge in [0.15, 0.2) is 0 Å². The minimum atomic E-state index is 0.398. The maximum absolute atomic E-state index is 3.56. The number of hydrogen-bond donors (Lipinski definition) is 0. The van der Waals surface area contributed by atoms with Crippen molar-refractivity contribution in [3.05, 3.63) is 34.2 Å². The van der Waals surface area contributed by atoms with Crippen LogP contribution in [0.5, 0.6) is 0 Å². The number of hydrogen-bond acceptors (Lipinski definition) is 0. The summed E-state index contributed by atoms with van der Waals surface area (Å²) in [5.74, 6) is 2.15. The fraction of sp³-hybridized carbons (Fsp3) is 0. The second-order valence-corrected chi connectivity index (χ2v) is 4.44. The molecule has 2 rings (SSSR count). The molecule has 0 aliphatic carbocycles. The number of benzene rings is 1. The lowest BCUT2D eigenvalue weighted by Gasteiger charge is -2.00. The molecule has 3 heteroatoms. The minimum absolute atomic E-state index is 0.398. The van der Waals surface area contributed by atoms with Crippen molar-refractivity contribution in [2.45, 2.75) is 0 Å². The van der Waals surface area contributed by atoms with E-state index in [0.717, 1.165) is 4.47 Å². The van der Waals surface area contributed by atoms with E-state index >= 15 is 0 Å². The van der Waals surface area contributed by atoms with Crippen LogP contribution in [0.4, 0.5) is 0 Å². The van der Waals surface area contributed by atoms with Gasteiger partial charge in [0.2, 0.25) is 0 Å². The molecule has 0 spiro atoms. The Balaban J connectivity index is 2.58. The molecule has 0 bridgehead atoms. The van der Waals surface area contributed by atoms with Gasteiger partial charge in [-0.05, 0) is 11.6 Å². The summed E-state index contributed by atoms with van der Waals surface area (Å²) in [5.41, 5.74) is 3.06. The second kappa shape index (κ2) is 2.79. The molecule has 0 unspecified atom stereocenters. The van der Waals surface area contributed by atoms with Crippen LogP contribution in [0.25, 0.3) is 6.08 Å². The summed E-state index contributed by atoms with van der Waals surface area (Å²) in [5, 5.41) is 0. The van der Waals surface area contributed by atoms with Crippen molar-refractivity contribution < 1.29 is 0 Å². The quantitative estimate of drug-likeness (QED) is 0.637. The highest BCUT2D eigenvalue weighted by Crippen LogP contribution is 2.17.